The molecule has 0 saturated carbocycles. The van der Waals surface area contributed by atoms with Crippen molar-refractivity contribution in [2.24, 2.45) is 0 Å². The Balaban J connectivity index is 1.65. The molecule has 0 aliphatic carbocycles. The van der Waals surface area contributed by atoms with E-state index in [9.17, 15) is 4.39 Å². The first-order chi connectivity index (χ1) is 13.7. The van der Waals surface area contributed by atoms with Crippen LogP contribution >= 0.6 is 23.4 Å². The molecular formula is C21H16ClFN4S. The van der Waals surface area contributed by atoms with E-state index in [1.807, 2.05) is 28.8 Å². The standard InChI is InChI=1S/C21H16ClFN4S/c1-2-12-27-20(14-5-8-16(23)9-6-14)25-26-21(27)28-13-15-7-10-18(22)17-4-3-11-24-19(15)17/h2-11H,1,12-13H2. The van der Waals surface area contributed by atoms with E-state index in [0.29, 0.717) is 23.1 Å². The van der Waals surface area contributed by atoms with Crippen LogP contribution in [0.4, 0.5) is 4.39 Å². The zero-order valence-electron chi connectivity index (χ0n) is 14.8. The molecule has 0 spiro atoms. The maximum Gasteiger partial charge on any atom is 0.192 e. The van der Waals surface area contributed by atoms with Crippen molar-refractivity contribution in [3.8, 4) is 11.4 Å². The topological polar surface area (TPSA) is 43.6 Å². The van der Waals surface area contributed by atoms with Gasteiger partial charge in [-0.25, -0.2) is 4.39 Å². The molecule has 2 aromatic heterocycles. The molecule has 0 unspecified atom stereocenters. The summed E-state index contributed by atoms with van der Waals surface area (Å²) in [6, 6.07) is 13.9. The fraction of sp³-hybridized carbons (Fsp3) is 0.0952. The normalized spacial score (nSPS) is 11.1. The molecule has 4 aromatic rings. The van der Waals surface area contributed by atoms with Crippen LogP contribution in [-0.4, -0.2) is 19.7 Å². The van der Waals surface area contributed by atoms with Crippen molar-refractivity contribution in [1.29, 1.82) is 0 Å². The van der Waals surface area contributed by atoms with E-state index in [4.69, 9.17) is 11.6 Å². The fourth-order valence-corrected chi connectivity index (χ4v) is 4.11. The van der Waals surface area contributed by atoms with Gasteiger partial charge in [0.15, 0.2) is 11.0 Å². The molecule has 4 rings (SSSR count). The lowest BCUT2D eigenvalue weighted by molar-refractivity contribution is 0.628. The largest absolute Gasteiger partial charge is 0.298 e. The number of nitrogens with zero attached hydrogens (tertiary/aromatic N) is 4. The maximum atomic E-state index is 13.2. The van der Waals surface area contributed by atoms with Crippen LogP contribution in [0.15, 0.2) is 72.5 Å². The number of fused-ring (bicyclic) bond motifs is 1. The first-order valence-corrected chi connectivity index (χ1v) is 9.98. The summed E-state index contributed by atoms with van der Waals surface area (Å²) in [5.74, 6) is 1.07. The van der Waals surface area contributed by atoms with Crippen LogP contribution in [0.25, 0.3) is 22.3 Å². The zero-order valence-corrected chi connectivity index (χ0v) is 16.4. The van der Waals surface area contributed by atoms with Gasteiger partial charge in [-0.3, -0.25) is 9.55 Å². The van der Waals surface area contributed by atoms with E-state index in [0.717, 1.165) is 27.2 Å². The van der Waals surface area contributed by atoms with Crippen LogP contribution in [0.3, 0.4) is 0 Å². The zero-order chi connectivity index (χ0) is 19.5. The fourth-order valence-electron chi connectivity index (χ4n) is 2.96. The lowest BCUT2D eigenvalue weighted by Crippen LogP contribution is -2.01. The number of hydrogen-bond acceptors (Lipinski definition) is 4. The highest BCUT2D eigenvalue weighted by Gasteiger charge is 2.15. The number of thioether (sulfide) groups is 1. The Bertz CT molecular complexity index is 1140. The summed E-state index contributed by atoms with van der Waals surface area (Å²) in [5.41, 5.74) is 2.76. The van der Waals surface area contributed by atoms with Crippen molar-refractivity contribution in [2.45, 2.75) is 17.5 Å². The number of rotatable bonds is 6. The molecule has 0 N–H and O–H groups in total. The van der Waals surface area contributed by atoms with Gasteiger partial charge in [0.2, 0.25) is 0 Å². The van der Waals surface area contributed by atoms with Gasteiger partial charge in [0, 0.05) is 34.5 Å². The smallest absolute Gasteiger partial charge is 0.192 e. The minimum Gasteiger partial charge on any atom is -0.298 e. The molecule has 7 heteroatoms. The molecule has 0 aliphatic heterocycles. The quantitative estimate of drug-likeness (QED) is 0.299. The molecule has 140 valence electrons. The average Bonchev–Trinajstić information content (AvgIpc) is 3.11. The number of benzene rings is 2. The van der Waals surface area contributed by atoms with Crippen LogP contribution in [0, 0.1) is 5.82 Å². The van der Waals surface area contributed by atoms with Gasteiger partial charge in [0.1, 0.15) is 5.82 Å². The summed E-state index contributed by atoms with van der Waals surface area (Å²) in [7, 11) is 0. The van der Waals surface area contributed by atoms with E-state index in [1.165, 1.54) is 12.1 Å². The summed E-state index contributed by atoms with van der Waals surface area (Å²) in [6.45, 7) is 4.38. The summed E-state index contributed by atoms with van der Waals surface area (Å²) < 4.78 is 15.2. The van der Waals surface area contributed by atoms with E-state index < -0.39 is 0 Å². The molecule has 0 amide bonds. The third-order valence-corrected chi connectivity index (χ3v) is 5.63. The second kappa shape index (κ2) is 8.12. The molecule has 2 heterocycles. The predicted octanol–water partition coefficient (Wildman–Crippen LogP) is 5.76. The lowest BCUT2D eigenvalue weighted by Gasteiger charge is -2.09. The van der Waals surface area contributed by atoms with Gasteiger partial charge >= 0.3 is 0 Å². The minimum atomic E-state index is -0.282. The van der Waals surface area contributed by atoms with Crippen LogP contribution in [0.5, 0.6) is 0 Å². The Kier molecular flexibility index (Phi) is 5.41. The molecule has 4 nitrogen and oxygen atoms in total. The molecule has 28 heavy (non-hydrogen) atoms. The molecule has 0 fully saturated rings. The minimum absolute atomic E-state index is 0.282. The average molecular weight is 411 g/mol. The van der Waals surface area contributed by atoms with Gasteiger partial charge in [-0.05, 0) is 48.0 Å². The molecule has 0 radical (unpaired) electrons. The molecule has 0 atom stereocenters. The number of halogens is 2. The first-order valence-electron chi connectivity index (χ1n) is 8.62. The Labute approximate surface area is 171 Å². The number of hydrogen-bond donors (Lipinski definition) is 0. The van der Waals surface area contributed by atoms with Crippen molar-refractivity contribution in [1.82, 2.24) is 19.7 Å². The molecule has 2 aromatic carbocycles. The number of allylic oxidation sites excluding steroid dienone is 1. The number of pyridine rings is 1. The van der Waals surface area contributed by atoms with Crippen LogP contribution in [0.2, 0.25) is 5.02 Å². The highest BCUT2D eigenvalue weighted by atomic mass is 35.5. The van der Waals surface area contributed by atoms with Gasteiger partial charge < -0.3 is 0 Å². The van der Waals surface area contributed by atoms with Crippen molar-refractivity contribution in [2.75, 3.05) is 0 Å². The van der Waals surface area contributed by atoms with Gasteiger partial charge in [-0.15, -0.1) is 16.8 Å². The highest BCUT2D eigenvalue weighted by Crippen LogP contribution is 2.31. The van der Waals surface area contributed by atoms with E-state index in [1.54, 1.807) is 36.2 Å². The summed E-state index contributed by atoms with van der Waals surface area (Å²) in [6.07, 6.45) is 3.55. The monoisotopic (exact) mass is 410 g/mol. The first kappa shape index (κ1) is 18.7. The Hall–Kier alpha value is -2.70. The third kappa shape index (κ3) is 3.66. The molecule has 0 saturated heterocycles. The van der Waals surface area contributed by atoms with Crippen LogP contribution < -0.4 is 0 Å². The third-order valence-electron chi connectivity index (χ3n) is 4.29. The van der Waals surface area contributed by atoms with Crippen molar-refractivity contribution < 1.29 is 4.39 Å². The predicted molar refractivity (Wildman–Crippen MR) is 112 cm³/mol. The Morgan fingerprint density at radius 3 is 2.71 bits per heavy atom. The Morgan fingerprint density at radius 1 is 1.11 bits per heavy atom. The summed E-state index contributed by atoms with van der Waals surface area (Å²) in [5, 5.41) is 11.0. The van der Waals surface area contributed by atoms with Gasteiger partial charge in [0.25, 0.3) is 0 Å². The Morgan fingerprint density at radius 2 is 1.93 bits per heavy atom. The van der Waals surface area contributed by atoms with Gasteiger partial charge in [0.05, 0.1) is 5.52 Å². The van der Waals surface area contributed by atoms with Gasteiger partial charge in [-0.2, -0.15) is 0 Å². The summed E-state index contributed by atoms with van der Waals surface area (Å²) in [4.78, 5) is 4.48. The lowest BCUT2D eigenvalue weighted by atomic mass is 10.1. The molecule has 0 bridgehead atoms. The van der Waals surface area contributed by atoms with Crippen LogP contribution in [-0.2, 0) is 12.3 Å². The maximum absolute atomic E-state index is 13.2. The van der Waals surface area contributed by atoms with Crippen LogP contribution in [0.1, 0.15) is 5.56 Å². The second-order valence-electron chi connectivity index (χ2n) is 6.11. The molecular weight excluding hydrogens is 395 g/mol. The van der Waals surface area contributed by atoms with Crippen molar-refractivity contribution in [3.63, 3.8) is 0 Å². The van der Waals surface area contributed by atoms with Crippen molar-refractivity contribution >= 4 is 34.3 Å². The summed E-state index contributed by atoms with van der Waals surface area (Å²) >= 11 is 7.85. The van der Waals surface area contributed by atoms with E-state index in [-0.39, 0.29) is 5.82 Å². The van der Waals surface area contributed by atoms with Gasteiger partial charge in [-0.1, -0.05) is 35.5 Å². The molecule has 0 aliphatic rings. The number of aromatic nitrogens is 4. The van der Waals surface area contributed by atoms with E-state index >= 15 is 0 Å². The highest BCUT2D eigenvalue weighted by molar-refractivity contribution is 7.98. The van der Waals surface area contributed by atoms with Crippen molar-refractivity contribution in [3.05, 3.63) is 83.8 Å². The van der Waals surface area contributed by atoms with E-state index in [2.05, 4.69) is 21.8 Å². The second-order valence-corrected chi connectivity index (χ2v) is 7.46. The SMILES string of the molecule is C=CCn1c(SCc2ccc(Cl)c3cccnc23)nnc1-c1ccc(F)cc1.